The van der Waals surface area contributed by atoms with Crippen LogP contribution in [0.5, 0.6) is 0 Å². The second kappa shape index (κ2) is 5.80. The third kappa shape index (κ3) is 2.27. The van der Waals surface area contributed by atoms with Crippen LogP contribution in [-0.4, -0.2) is 5.78 Å². The first-order valence-corrected chi connectivity index (χ1v) is 11.0. The fourth-order valence-electron chi connectivity index (χ4n) is 6.79. The Bertz CT molecular complexity index is 975. The quantitative estimate of drug-likeness (QED) is 0.517. The second-order valence-corrected chi connectivity index (χ2v) is 9.57. The summed E-state index contributed by atoms with van der Waals surface area (Å²) in [5.74, 6) is 1.75. The van der Waals surface area contributed by atoms with Gasteiger partial charge in [-0.15, -0.1) is 0 Å². The van der Waals surface area contributed by atoms with E-state index in [1.807, 2.05) is 0 Å². The molecule has 4 aliphatic carbocycles. The largest absolute Gasteiger partial charge is 0.294 e. The molecule has 0 radical (unpaired) electrons. The molecule has 2 bridgehead atoms. The minimum absolute atomic E-state index is 0.0637. The SMILES string of the molecule is O=C1c2cc3cccc(C4CCCCC4)c3cc2CCC12CC1=CCC2C1. The van der Waals surface area contributed by atoms with Crippen molar-refractivity contribution >= 4 is 16.6 Å². The lowest BCUT2D eigenvalue weighted by atomic mass is 9.63. The number of Topliss-reactive ketones (excluding diaryl/α,β-unsaturated/α-hetero) is 1. The highest BCUT2D eigenvalue weighted by Crippen LogP contribution is 2.58. The molecule has 4 aliphatic rings. The molecule has 0 saturated heterocycles. The van der Waals surface area contributed by atoms with Crippen molar-refractivity contribution in [3.05, 3.63) is 58.7 Å². The molecular formula is C26H28O. The molecular weight excluding hydrogens is 328 g/mol. The maximum Gasteiger partial charge on any atom is 0.169 e. The van der Waals surface area contributed by atoms with Crippen molar-refractivity contribution in [3.63, 3.8) is 0 Å². The number of benzene rings is 2. The van der Waals surface area contributed by atoms with Crippen LogP contribution in [0.1, 0.15) is 85.2 Å². The van der Waals surface area contributed by atoms with Gasteiger partial charge in [-0.2, -0.15) is 0 Å². The van der Waals surface area contributed by atoms with Crippen molar-refractivity contribution in [2.24, 2.45) is 11.3 Å². The van der Waals surface area contributed by atoms with Gasteiger partial charge in [0.05, 0.1) is 0 Å². The minimum atomic E-state index is -0.0637. The Morgan fingerprint density at radius 1 is 1.04 bits per heavy atom. The summed E-state index contributed by atoms with van der Waals surface area (Å²) in [5.41, 5.74) is 5.39. The van der Waals surface area contributed by atoms with E-state index in [0.717, 1.165) is 31.2 Å². The normalized spacial score (nSPS) is 30.1. The molecule has 0 aliphatic heterocycles. The van der Waals surface area contributed by atoms with E-state index >= 15 is 0 Å². The van der Waals surface area contributed by atoms with Gasteiger partial charge in [-0.1, -0.05) is 55.2 Å². The van der Waals surface area contributed by atoms with Crippen LogP contribution in [0.15, 0.2) is 42.0 Å². The number of allylic oxidation sites excluding steroid dienone is 2. The first-order chi connectivity index (χ1) is 13.2. The summed E-state index contributed by atoms with van der Waals surface area (Å²) in [6, 6.07) is 11.4. The molecule has 2 fully saturated rings. The van der Waals surface area contributed by atoms with Gasteiger partial charge in [0.2, 0.25) is 0 Å². The molecule has 0 heterocycles. The highest BCUT2D eigenvalue weighted by Gasteiger charge is 2.53. The van der Waals surface area contributed by atoms with Crippen molar-refractivity contribution in [3.8, 4) is 0 Å². The standard InChI is InChI=1S/C26H28O/c27-25-24-15-19-7-4-8-22(18-5-2-1-3-6-18)23(19)14-20(24)11-12-26(25)16-17-9-10-21(26)13-17/h4,7-9,14-15,18,21H,1-3,5-6,10-13,16H2. The van der Waals surface area contributed by atoms with Crippen LogP contribution in [0, 0.1) is 11.3 Å². The Balaban J connectivity index is 1.45. The lowest BCUT2D eigenvalue weighted by Gasteiger charge is -2.39. The number of carbonyl (C=O) groups is 1. The molecule has 2 atom stereocenters. The number of hydrogen-bond donors (Lipinski definition) is 0. The zero-order valence-corrected chi connectivity index (χ0v) is 16.1. The van der Waals surface area contributed by atoms with E-state index in [1.54, 1.807) is 5.57 Å². The van der Waals surface area contributed by atoms with E-state index < -0.39 is 0 Å². The van der Waals surface area contributed by atoms with Gasteiger partial charge in [0.25, 0.3) is 0 Å². The van der Waals surface area contributed by atoms with Crippen LogP contribution in [0.2, 0.25) is 0 Å². The predicted octanol–water partition coefficient (Wildman–Crippen LogP) is 6.74. The first kappa shape index (κ1) is 16.1. The number of rotatable bonds is 1. The zero-order chi connectivity index (χ0) is 18.0. The van der Waals surface area contributed by atoms with E-state index in [4.69, 9.17) is 0 Å². The fourth-order valence-corrected chi connectivity index (χ4v) is 6.79. The molecule has 1 nitrogen and oxygen atoms in total. The average molecular weight is 357 g/mol. The summed E-state index contributed by atoms with van der Waals surface area (Å²) >= 11 is 0. The Labute approximate surface area is 161 Å². The van der Waals surface area contributed by atoms with E-state index in [1.165, 1.54) is 60.4 Å². The molecule has 27 heavy (non-hydrogen) atoms. The Morgan fingerprint density at radius 2 is 1.93 bits per heavy atom. The van der Waals surface area contributed by atoms with Gasteiger partial charge in [0, 0.05) is 11.0 Å². The minimum Gasteiger partial charge on any atom is -0.294 e. The maximum absolute atomic E-state index is 13.6. The van der Waals surface area contributed by atoms with Crippen LogP contribution >= 0.6 is 0 Å². The van der Waals surface area contributed by atoms with Crippen LogP contribution < -0.4 is 0 Å². The molecule has 0 aromatic heterocycles. The smallest absolute Gasteiger partial charge is 0.169 e. The lowest BCUT2D eigenvalue weighted by molar-refractivity contribution is 0.0671. The zero-order valence-electron chi connectivity index (χ0n) is 16.1. The van der Waals surface area contributed by atoms with E-state index in [0.29, 0.717) is 17.6 Å². The fraction of sp³-hybridized carbons (Fsp3) is 0.500. The molecule has 2 aromatic rings. The highest BCUT2D eigenvalue weighted by molar-refractivity contribution is 6.07. The number of carbonyl (C=O) groups excluding carboxylic acids is 1. The molecule has 1 spiro atoms. The van der Waals surface area contributed by atoms with Gasteiger partial charge in [-0.25, -0.2) is 0 Å². The van der Waals surface area contributed by atoms with Gasteiger partial charge in [-0.05, 0) is 84.7 Å². The van der Waals surface area contributed by atoms with Gasteiger partial charge in [0.1, 0.15) is 0 Å². The topological polar surface area (TPSA) is 17.1 Å². The maximum atomic E-state index is 13.6. The van der Waals surface area contributed by atoms with Gasteiger partial charge >= 0.3 is 0 Å². The van der Waals surface area contributed by atoms with Crippen molar-refractivity contribution in [2.75, 3.05) is 0 Å². The van der Waals surface area contributed by atoms with E-state index in [2.05, 4.69) is 36.4 Å². The summed E-state index contributed by atoms with van der Waals surface area (Å²) in [7, 11) is 0. The second-order valence-electron chi connectivity index (χ2n) is 9.57. The van der Waals surface area contributed by atoms with Crippen molar-refractivity contribution in [1.82, 2.24) is 0 Å². The van der Waals surface area contributed by atoms with Crippen molar-refractivity contribution in [2.45, 2.75) is 70.1 Å². The predicted molar refractivity (Wildman–Crippen MR) is 110 cm³/mol. The van der Waals surface area contributed by atoms with Crippen LogP contribution in [0.3, 0.4) is 0 Å². The Kier molecular flexibility index (Phi) is 3.46. The number of ketones is 1. The molecule has 2 aromatic carbocycles. The van der Waals surface area contributed by atoms with Gasteiger partial charge in [0.15, 0.2) is 5.78 Å². The lowest BCUT2D eigenvalue weighted by Crippen LogP contribution is -2.39. The molecule has 1 heteroatoms. The van der Waals surface area contributed by atoms with Crippen LogP contribution in [-0.2, 0) is 6.42 Å². The van der Waals surface area contributed by atoms with Crippen LogP contribution in [0.25, 0.3) is 10.8 Å². The van der Waals surface area contributed by atoms with E-state index in [9.17, 15) is 4.79 Å². The van der Waals surface area contributed by atoms with Gasteiger partial charge in [-0.3, -0.25) is 4.79 Å². The molecule has 6 rings (SSSR count). The van der Waals surface area contributed by atoms with Gasteiger partial charge < -0.3 is 0 Å². The summed E-state index contributed by atoms with van der Waals surface area (Å²) in [6.07, 6.45) is 14.7. The Morgan fingerprint density at radius 3 is 2.70 bits per heavy atom. The number of aryl methyl sites for hydroxylation is 1. The molecule has 138 valence electrons. The molecule has 2 saturated carbocycles. The van der Waals surface area contributed by atoms with E-state index in [-0.39, 0.29) is 5.41 Å². The third-order valence-corrected chi connectivity index (χ3v) is 8.24. The monoisotopic (exact) mass is 356 g/mol. The molecule has 0 N–H and O–H groups in total. The number of fused-ring (bicyclic) bond motifs is 5. The average Bonchev–Trinajstić information content (AvgIpc) is 3.32. The third-order valence-electron chi connectivity index (χ3n) is 8.24. The summed E-state index contributed by atoms with van der Waals surface area (Å²) in [4.78, 5) is 13.6. The van der Waals surface area contributed by atoms with Crippen molar-refractivity contribution < 1.29 is 4.79 Å². The Hall–Kier alpha value is -1.89. The van der Waals surface area contributed by atoms with Crippen molar-refractivity contribution in [1.29, 1.82) is 0 Å². The molecule has 2 unspecified atom stereocenters. The first-order valence-electron chi connectivity index (χ1n) is 11.0. The summed E-state index contributed by atoms with van der Waals surface area (Å²) in [5, 5.41) is 2.70. The summed E-state index contributed by atoms with van der Waals surface area (Å²) < 4.78 is 0. The number of hydrogen-bond acceptors (Lipinski definition) is 1. The molecule has 0 amide bonds. The highest BCUT2D eigenvalue weighted by atomic mass is 16.1. The summed E-state index contributed by atoms with van der Waals surface area (Å²) in [6.45, 7) is 0. The van der Waals surface area contributed by atoms with Crippen LogP contribution in [0.4, 0.5) is 0 Å².